The molecule has 2 aromatic carbocycles. The summed E-state index contributed by atoms with van der Waals surface area (Å²) in [7, 11) is 3.69. The van der Waals surface area contributed by atoms with Gasteiger partial charge in [-0.05, 0) is 31.7 Å². The molecule has 5 rings (SSSR count). The Hall–Kier alpha value is -4.23. The minimum absolute atomic E-state index is 0.0296. The first kappa shape index (κ1) is 28.3. The first-order valence-corrected chi connectivity index (χ1v) is 13.4. The number of carbonyl (C=O) groups is 1. The number of methoxy groups -OCH3 is 1. The molecule has 1 aromatic heterocycles. The molecule has 0 unspecified atom stereocenters. The number of ether oxygens (including phenoxy) is 2. The molecule has 1 fully saturated rings. The molecule has 2 aliphatic heterocycles. The highest BCUT2D eigenvalue weighted by Crippen LogP contribution is 2.38. The number of H-pyrrole nitrogens is 1. The standard InChI is InChI=1S/C28H34F2N8O3/c1-36-5-7-37(8-6-36)4-3-9-41-25-16-23-22(15-24(25)40-2)28(33-27-14-20(34-35-27)13-26(31)39)38(17-32-23)21-11-18(29)10-19(30)12-21/h10-12,14-16,32H,3-9,13,17H2,1-2H3,(H2,31,39)(H,34,35). The molecule has 3 aromatic rings. The molecule has 4 N–H and O–H groups in total. The van der Waals surface area contributed by atoms with E-state index in [1.54, 1.807) is 24.1 Å². The second-order valence-electron chi connectivity index (χ2n) is 10.1. The van der Waals surface area contributed by atoms with E-state index in [9.17, 15) is 13.6 Å². The van der Waals surface area contributed by atoms with E-state index in [0.717, 1.165) is 45.2 Å². The van der Waals surface area contributed by atoms with Crippen LogP contribution in [0.4, 0.5) is 26.0 Å². The quantitative estimate of drug-likeness (QED) is 0.319. The van der Waals surface area contributed by atoms with Crippen molar-refractivity contribution >= 4 is 28.9 Å². The third kappa shape index (κ3) is 6.92. The van der Waals surface area contributed by atoms with E-state index in [4.69, 9.17) is 20.2 Å². The lowest BCUT2D eigenvalue weighted by atomic mass is 10.1. The van der Waals surface area contributed by atoms with Gasteiger partial charge in [0.1, 0.15) is 17.5 Å². The Labute approximate surface area is 236 Å². The summed E-state index contributed by atoms with van der Waals surface area (Å²) in [6.07, 6.45) is 0.841. The second-order valence-corrected chi connectivity index (χ2v) is 10.1. The molecule has 2 aliphatic rings. The van der Waals surface area contributed by atoms with E-state index in [0.29, 0.717) is 40.9 Å². The monoisotopic (exact) mass is 568 g/mol. The number of fused-ring (bicyclic) bond motifs is 1. The zero-order valence-corrected chi connectivity index (χ0v) is 23.1. The van der Waals surface area contributed by atoms with Crippen LogP contribution in [0.15, 0.2) is 41.4 Å². The average molecular weight is 569 g/mol. The molecule has 0 aliphatic carbocycles. The first-order chi connectivity index (χ1) is 19.8. The van der Waals surface area contributed by atoms with Crippen molar-refractivity contribution in [2.24, 2.45) is 10.7 Å². The Kier molecular flexibility index (Phi) is 8.64. The maximum atomic E-state index is 14.2. The smallest absolute Gasteiger partial charge is 0.223 e. The number of halogens is 2. The van der Waals surface area contributed by atoms with Crippen LogP contribution in [0.2, 0.25) is 0 Å². The highest BCUT2D eigenvalue weighted by atomic mass is 19.1. The van der Waals surface area contributed by atoms with Crippen LogP contribution < -0.4 is 25.4 Å². The third-order valence-corrected chi connectivity index (χ3v) is 7.06. The van der Waals surface area contributed by atoms with Crippen LogP contribution in [-0.2, 0) is 11.2 Å². The van der Waals surface area contributed by atoms with Crippen molar-refractivity contribution in [3.63, 3.8) is 0 Å². The minimum atomic E-state index is -0.716. The van der Waals surface area contributed by atoms with Crippen LogP contribution in [0.5, 0.6) is 11.5 Å². The van der Waals surface area contributed by atoms with Crippen molar-refractivity contribution in [1.29, 1.82) is 0 Å². The lowest BCUT2D eigenvalue weighted by molar-refractivity contribution is -0.117. The number of nitrogens with two attached hydrogens (primary N) is 1. The normalized spacial score (nSPS) is 16.9. The number of aromatic amines is 1. The molecule has 13 heteroatoms. The number of nitrogens with zero attached hydrogens (tertiary/aromatic N) is 5. The van der Waals surface area contributed by atoms with Gasteiger partial charge >= 0.3 is 0 Å². The molecule has 11 nitrogen and oxygen atoms in total. The van der Waals surface area contributed by atoms with Gasteiger partial charge in [-0.3, -0.25) is 9.89 Å². The number of anilines is 2. The molecule has 0 radical (unpaired) electrons. The number of nitrogens with one attached hydrogen (secondary N) is 2. The fourth-order valence-electron chi connectivity index (χ4n) is 4.91. The molecule has 0 bridgehead atoms. The van der Waals surface area contributed by atoms with Gasteiger partial charge in [0, 0.05) is 62.2 Å². The summed E-state index contributed by atoms with van der Waals surface area (Å²) in [5.41, 5.74) is 7.37. The number of amides is 1. The predicted octanol–water partition coefficient (Wildman–Crippen LogP) is 2.71. The van der Waals surface area contributed by atoms with Crippen LogP contribution in [0.25, 0.3) is 0 Å². The number of benzene rings is 2. The van der Waals surface area contributed by atoms with E-state index in [1.807, 2.05) is 6.07 Å². The van der Waals surface area contributed by atoms with Gasteiger partial charge in [-0.1, -0.05) is 0 Å². The van der Waals surface area contributed by atoms with Crippen molar-refractivity contribution in [3.8, 4) is 11.5 Å². The molecule has 1 amide bonds. The number of aliphatic imine (C=N–C) groups is 1. The molecule has 0 saturated carbocycles. The van der Waals surface area contributed by atoms with E-state index in [2.05, 4.69) is 32.4 Å². The summed E-state index contributed by atoms with van der Waals surface area (Å²) in [5, 5.41) is 10.2. The van der Waals surface area contributed by atoms with Crippen molar-refractivity contribution in [1.82, 2.24) is 20.0 Å². The Morgan fingerprint density at radius 1 is 1.07 bits per heavy atom. The summed E-state index contributed by atoms with van der Waals surface area (Å²) in [6.45, 7) is 5.89. The highest BCUT2D eigenvalue weighted by Gasteiger charge is 2.27. The molecule has 1 saturated heterocycles. The summed E-state index contributed by atoms with van der Waals surface area (Å²) in [4.78, 5) is 22.4. The van der Waals surface area contributed by atoms with Gasteiger partial charge < -0.3 is 35.2 Å². The SMILES string of the molecule is COc1cc2c(cc1OCCCN1CCN(C)CC1)NCN(c1cc(F)cc(F)c1)C2=Nc1cc(CC(N)=O)[nH]n1. The first-order valence-electron chi connectivity index (χ1n) is 13.4. The van der Waals surface area contributed by atoms with E-state index < -0.39 is 17.5 Å². The van der Waals surface area contributed by atoms with Gasteiger partial charge in [0.25, 0.3) is 0 Å². The second kappa shape index (κ2) is 12.5. The number of amidine groups is 1. The number of piperazine rings is 1. The minimum Gasteiger partial charge on any atom is -0.493 e. The Morgan fingerprint density at radius 2 is 1.83 bits per heavy atom. The fraction of sp³-hybridized carbons (Fsp3) is 0.393. The number of carbonyl (C=O) groups excluding carboxylic acids is 1. The van der Waals surface area contributed by atoms with Crippen molar-refractivity contribution in [2.75, 3.05) is 70.4 Å². The molecule has 218 valence electrons. The molecule has 3 heterocycles. The van der Waals surface area contributed by atoms with Gasteiger partial charge in [-0.2, -0.15) is 5.10 Å². The summed E-state index contributed by atoms with van der Waals surface area (Å²) in [5.74, 6) is -0.238. The van der Waals surface area contributed by atoms with Gasteiger partial charge in [-0.25, -0.2) is 13.8 Å². The van der Waals surface area contributed by atoms with E-state index in [-0.39, 0.29) is 24.6 Å². The third-order valence-electron chi connectivity index (χ3n) is 7.06. The largest absolute Gasteiger partial charge is 0.493 e. The molecular weight excluding hydrogens is 534 g/mol. The molecule has 0 atom stereocenters. The number of aromatic nitrogens is 2. The fourth-order valence-corrected chi connectivity index (χ4v) is 4.91. The lowest BCUT2D eigenvalue weighted by Gasteiger charge is -2.33. The van der Waals surface area contributed by atoms with Crippen LogP contribution in [0.1, 0.15) is 17.7 Å². The van der Waals surface area contributed by atoms with E-state index >= 15 is 0 Å². The number of primary amides is 1. The topological polar surface area (TPSA) is 124 Å². The van der Waals surface area contributed by atoms with Crippen molar-refractivity contribution in [3.05, 3.63) is 59.3 Å². The van der Waals surface area contributed by atoms with Gasteiger partial charge in [0.2, 0.25) is 5.91 Å². The zero-order chi connectivity index (χ0) is 28.9. The van der Waals surface area contributed by atoms with Crippen LogP contribution in [0, 0.1) is 11.6 Å². The highest BCUT2D eigenvalue weighted by molar-refractivity contribution is 6.16. The Bertz CT molecular complexity index is 1400. The average Bonchev–Trinajstić information content (AvgIpc) is 3.37. The molecule has 0 spiro atoms. The molecular formula is C28H34F2N8O3. The van der Waals surface area contributed by atoms with Crippen LogP contribution >= 0.6 is 0 Å². The van der Waals surface area contributed by atoms with Gasteiger partial charge in [0.15, 0.2) is 17.3 Å². The Morgan fingerprint density at radius 3 is 2.54 bits per heavy atom. The van der Waals surface area contributed by atoms with E-state index in [1.165, 1.54) is 12.1 Å². The number of rotatable bonds is 10. The number of hydrogen-bond donors (Lipinski definition) is 3. The van der Waals surface area contributed by atoms with Gasteiger partial charge in [-0.15, -0.1) is 0 Å². The zero-order valence-electron chi connectivity index (χ0n) is 23.1. The number of likely N-dealkylation sites (N-methyl/N-ethyl adjacent to an activating group) is 1. The lowest BCUT2D eigenvalue weighted by Crippen LogP contribution is -2.44. The summed E-state index contributed by atoms with van der Waals surface area (Å²) >= 11 is 0. The van der Waals surface area contributed by atoms with Gasteiger partial charge in [0.05, 0.1) is 38.2 Å². The predicted molar refractivity (Wildman–Crippen MR) is 152 cm³/mol. The van der Waals surface area contributed by atoms with Crippen LogP contribution in [-0.4, -0.2) is 91.9 Å². The maximum Gasteiger partial charge on any atom is 0.223 e. The maximum absolute atomic E-state index is 14.2. The van der Waals surface area contributed by atoms with Crippen molar-refractivity contribution < 1.29 is 23.0 Å². The summed E-state index contributed by atoms with van der Waals surface area (Å²) in [6, 6.07) is 8.47. The Balaban J connectivity index is 1.42. The molecule has 41 heavy (non-hydrogen) atoms. The summed E-state index contributed by atoms with van der Waals surface area (Å²) < 4.78 is 40.2. The van der Waals surface area contributed by atoms with Crippen LogP contribution in [0.3, 0.4) is 0 Å². The van der Waals surface area contributed by atoms with Crippen molar-refractivity contribution in [2.45, 2.75) is 12.8 Å². The number of hydrogen-bond acceptors (Lipinski definition) is 8.